The molecule has 6 rings (SSSR count). The summed E-state index contributed by atoms with van der Waals surface area (Å²) >= 11 is 0. The molecule has 2 saturated heterocycles. The molecule has 0 radical (unpaired) electrons. The molecule has 4 aromatic rings. The summed E-state index contributed by atoms with van der Waals surface area (Å²) in [5, 5.41) is 8.73. The Hall–Kier alpha value is -3.81. The zero-order chi connectivity index (χ0) is 27.9. The molecule has 0 N–H and O–H groups in total. The Bertz CT molecular complexity index is 1460. The highest BCUT2D eigenvalue weighted by atomic mass is 16.7. The van der Waals surface area contributed by atoms with Gasteiger partial charge in [-0.05, 0) is 68.1 Å². The average molecular weight is 553 g/mol. The number of benzene rings is 2. The van der Waals surface area contributed by atoms with Gasteiger partial charge in [0.25, 0.3) is 0 Å². The maximum absolute atomic E-state index is 6.12. The second-order valence-electron chi connectivity index (χ2n) is 10.5. The molecule has 9 heteroatoms. The minimum Gasteiger partial charge on any atom is -0.379 e. The molecule has 2 aliphatic heterocycles. The Morgan fingerprint density at radius 3 is 2.44 bits per heavy atom. The van der Waals surface area contributed by atoms with Gasteiger partial charge in [-0.25, -0.2) is 9.67 Å². The van der Waals surface area contributed by atoms with Crippen molar-refractivity contribution in [3.8, 4) is 17.5 Å². The first-order valence-electron chi connectivity index (χ1n) is 14.4. The predicted octanol–water partition coefficient (Wildman–Crippen LogP) is 4.35. The van der Waals surface area contributed by atoms with Gasteiger partial charge < -0.3 is 18.8 Å². The Balaban J connectivity index is 1.05. The number of nitrogens with zero attached hydrogens (tertiary/aromatic N) is 6. The van der Waals surface area contributed by atoms with E-state index in [-0.39, 0.29) is 12.4 Å². The second kappa shape index (κ2) is 13.2. The first-order valence-corrected chi connectivity index (χ1v) is 14.4. The molecule has 2 aromatic carbocycles. The molecule has 212 valence electrons. The second-order valence-corrected chi connectivity index (χ2v) is 10.5. The van der Waals surface area contributed by atoms with Gasteiger partial charge in [-0.1, -0.05) is 29.2 Å². The third kappa shape index (κ3) is 7.29. The lowest BCUT2D eigenvalue weighted by Gasteiger charge is -2.26. The molecule has 2 aromatic heterocycles. The van der Waals surface area contributed by atoms with Crippen LogP contribution in [0.2, 0.25) is 0 Å². The first-order chi connectivity index (χ1) is 20.2. The van der Waals surface area contributed by atoms with E-state index < -0.39 is 0 Å². The van der Waals surface area contributed by atoms with Crippen LogP contribution in [0.3, 0.4) is 0 Å². The van der Waals surface area contributed by atoms with Crippen LogP contribution in [-0.2, 0) is 27.3 Å². The molecule has 1 unspecified atom stereocenters. The van der Waals surface area contributed by atoms with Gasteiger partial charge in [-0.15, -0.1) is 5.10 Å². The van der Waals surface area contributed by atoms with E-state index in [1.54, 1.807) is 10.9 Å². The fourth-order valence-corrected chi connectivity index (χ4v) is 5.14. The number of imidazole rings is 1. The molecule has 2 atom stereocenters. The molecular weight excluding hydrogens is 516 g/mol. The van der Waals surface area contributed by atoms with Gasteiger partial charge in [0.15, 0.2) is 6.29 Å². The average Bonchev–Trinajstić information content (AvgIpc) is 3.68. The number of rotatable bonds is 8. The van der Waals surface area contributed by atoms with Crippen LogP contribution in [0.25, 0.3) is 5.69 Å². The van der Waals surface area contributed by atoms with Gasteiger partial charge in [-0.2, -0.15) is 0 Å². The first kappa shape index (κ1) is 27.4. The monoisotopic (exact) mass is 552 g/mol. The SMILES string of the molecule is C[C@H](OC1CCCCO1)c1nccn1Cc1cn(-c2ccc(C#Cc3ccc(CN4CCOCC4)cc3)cc2)nn1. The molecule has 0 spiro atoms. The number of aromatic nitrogens is 5. The van der Waals surface area contributed by atoms with Crippen molar-refractivity contribution in [2.45, 2.75) is 51.7 Å². The molecule has 0 aliphatic carbocycles. The quantitative estimate of drug-likeness (QED) is 0.301. The van der Waals surface area contributed by atoms with Crippen LogP contribution >= 0.6 is 0 Å². The lowest BCUT2D eigenvalue weighted by Crippen LogP contribution is -2.35. The summed E-state index contributed by atoms with van der Waals surface area (Å²) in [4.78, 5) is 6.95. The number of hydrogen-bond acceptors (Lipinski definition) is 7. The van der Waals surface area contributed by atoms with E-state index in [1.807, 2.05) is 43.6 Å². The normalized spacial score (nSPS) is 18.5. The number of hydrogen-bond donors (Lipinski definition) is 0. The largest absolute Gasteiger partial charge is 0.379 e. The van der Waals surface area contributed by atoms with Crippen molar-refractivity contribution in [3.05, 3.63) is 95.3 Å². The summed E-state index contributed by atoms with van der Waals surface area (Å²) in [5.74, 6) is 7.39. The summed E-state index contributed by atoms with van der Waals surface area (Å²) < 4.78 is 21.1. The van der Waals surface area contributed by atoms with Crippen LogP contribution in [0.15, 0.2) is 67.1 Å². The van der Waals surface area contributed by atoms with Gasteiger partial charge in [0, 0.05) is 49.8 Å². The topological polar surface area (TPSA) is 79.5 Å². The van der Waals surface area contributed by atoms with Crippen molar-refractivity contribution in [2.75, 3.05) is 32.9 Å². The minimum absolute atomic E-state index is 0.163. The van der Waals surface area contributed by atoms with Crippen LogP contribution in [-0.4, -0.2) is 68.6 Å². The summed E-state index contributed by atoms with van der Waals surface area (Å²) in [6.45, 7) is 7.90. The summed E-state index contributed by atoms with van der Waals surface area (Å²) in [7, 11) is 0. The lowest BCUT2D eigenvalue weighted by atomic mass is 10.1. The van der Waals surface area contributed by atoms with Gasteiger partial charge in [-0.3, -0.25) is 4.90 Å². The van der Waals surface area contributed by atoms with E-state index in [2.05, 4.69) is 60.9 Å². The molecule has 0 amide bonds. The number of morpholine rings is 1. The minimum atomic E-state index is -0.176. The summed E-state index contributed by atoms with van der Waals surface area (Å²) in [5.41, 5.74) is 5.02. The van der Waals surface area contributed by atoms with Crippen molar-refractivity contribution in [2.24, 2.45) is 0 Å². The van der Waals surface area contributed by atoms with Crippen LogP contribution in [0, 0.1) is 11.8 Å². The lowest BCUT2D eigenvalue weighted by molar-refractivity contribution is -0.188. The van der Waals surface area contributed by atoms with Crippen molar-refractivity contribution in [1.82, 2.24) is 29.4 Å². The Morgan fingerprint density at radius 2 is 1.71 bits per heavy atom. The van der Waals surface area contributed by atoms with Crippen LogP contribution in [0.5, 0.6) is 0 Å². The van der Waals surface area contributed by atoms with Crippen molar-refractivity contribution in [3.63, 3.8) is 0 Å². The van der Waals surface area contributed by atoms with E-state index in [1.165, 1.54) is 5.56 Å². The van der Waals surface area contributed by atoms with Gasteiger partial charge in [0.05, 0.1) is 31.6 Å². The van der Waals surface area contributed by atoms with Gasteiger partial charge in [0.1, 0.15) is 17.6 Å². The summed E-state index contributed by atoms with van der Waals surface area (Å²) in [6, 6.07) is 16.6. The zero-order valence-electron chi connectivity index (χ0n) is 23.5. The smallest absolute Gasteiger partial charge is 0.158 e. The van der Waals surface area contributed by atoms with E-state index >= 15 is 0 Å². The molecule has 41 heavy (non-hydrogen) atoms. The van der Waals surface area contributed by atoms with Crippen molar-refractivity contribution >= 4 is 0 Å². The van der Waals surface area contributed by atoms with Crippen molar-refractivity contribution in [1.29, 1.82) is 0 Å². The van der Waals surface area contributed by atoms with Crippen molar-refractivity contribution < 1.29 is 14.2 Å². The van der Waals surface area contributed by atoms with Crippen LogP contribution in [0.1, 0.15) is 60.5 Å². The Kier molecular flexibility index (Phi) is 8.83. The fraction of sp³-hybridized carbons (Fsp3) is 0.406. The van der Waals surface area contributed by atoms with Crippen LogP contribution < -0.4 is 0 Å². The van der Waals surface area contributed by atoms with E-state index in [0.717, 1.165) is 87.1 Å². The molecule has 0 saturated carbocycles. The van der Waals surface area contributed by atoms with Gasteiger partial charge in [0.2, 0.25) is 0 Å². The van der Waals surface area contributed by atoms with E-state index in [4.69, 9.17) is 14.2 Å². The Labute approximate surface area is 241 Å². The summed E-state index contributed by atoms with van der Waals surface area (Å²) in [6.07, 6.45) is 8.49. The molecule has 2 aliphatic rings. The van der Waals surface area contributed by atoms with Gasteiger partial charge >= 0.3 is 0 Å². The highest BCUT2D eigenvalue weighted by Gasteiger charge is 2.21. The highest BCUT2D eigenvalue weighted by Crippen LogP contribution is 2.23. The molecule has 0 bridgehead atoms. The Morgan fingerprint density at radius 1 is 0.951 bits per heavy atom. The molecule has 2 fully saturated rings. The molecule has 9 nitrogen and oxygen atoms in total. The third-order valence-electron chi connectivity index (χ3n) is 7.43. The predicted molar refractivity (Wildman–Crippen MR) is 154 cm³/mol. The zero-order valence-corrected chi connectivity index (χ0v) is 23.5. The maximum atomic E-state index is 6.12. The van der Waals surface area contributed by atoms with Crippen LogP contribution in [0.4, 0.5) is 0 Å². The third-order valence-corrected chi connectivity index (χ3v) is 7.43. The van der Waals surface area contributed by atoms with E-state index in [0.29, 0.717) is 6.54 Å². The fourth-order valence-electron chi connectivity index (χ4n) is 5.14. The van der Waals surface area contributed by atoms with E-state index in [9.17, 15) is 0 Å². The highest BCUT2D eigenvalue weighted by molar-refractivity contribution is 5.46. The number of ether oxygens (including phenoxy) is 3. The standard InChI is InChI=1S/C32H36N6O3/c1-25(41-31-4-2-3-19-40-31)32-33-15-16-37(32)23-29-24-38(35-34-29)30-13-11-27(12-14-30)6-5-26-7-9-28(10-8-26)22-36-17-20-39-21-18-36/h7-16,24-25,31H,2-4,17-23H2,1H3/t25-,31?/m0/s1. The maximum Gasteiger partial charge on any atom is 0.158 e. The molecule has 4 heterocycles. The molecular formula is C32H36N6O3.